The van der Waals surface area contributed by atoms with Gasteiger partial charge in [0.1, 0.15) is 0 Å². The maximum Gasteiger partial charge on any atom is 0.337 e. The number of nitrogens with zero attached hydrogens (tertiary/aromatic N) is 1. The molecule has 1 aliphatic carbocycles. The van der Waals surface area contributed by atoms with Crippen molar-refractivity contribution in [1.29, 1.82) is 0 Å². The van der Waals surface area contributed by atoms with Crippen molar-refractivity contribution in [3.8, 4) is 11.1 Å². The summed E-state index contributed by atoms with van der Waals surface area (Å²) in [6.07, 6.45) is 2.73. The molecule has 0 aromatic heterocycles. The summed E-state index contributed by atoms with van der Waals surface area (Å²) in [7, 11) is -4.13. The van der Waals surface area contributed by atoms with Gasteiger partial charge in [0.05, 0.1) is 23.1 Å². The lowest BCUT2D eigenvalue weighted by molar-refractivity contribution is -0.139. The fraction of sp³-hybridized carbons (Fsp3) is 0.290. The number of carbonyl (C=O) groups is 2. The van der Waals surface area contributed by atoms with E-state index < -0.39 is 15.9 Å². The molecule has 1 atom stereocenters. The van der Waals surface area contributed by atoms with Crippen LogP contribution >= 0.6 is 0 Å². The van der Waals surface area contributed by atoms with Crippen LogP contribution in [0.25, 0.3) is 11.1 Å². The summed E-state index contributed by atoms with van der Waals surface area (Å²) in [5, 5.41) is 2.09. The van der Waals surface area contributed by atoms with Crippen LogP contribution in [0.1, 0.15) is 42.6 Å². The van der Waals surface area contributed by atoms with Crippen LogP contribution in [0.5, 0.6) is 0 Å². The zero-order valence-electron chi connectivity index (χ0n) is 22.6. The third kappa shape index (κ3) is 5.80. The molecule has 1 fully saturated rings. The quantitative estimate of drug-likeness (QED) is 0.354. The molecule has 2 aliphatic rings. The lowest BCUT2D eigenvalue weighted by atomic mass is 9.95. The zero-order valence-corrected chi connectivity index (χ0v) is 23.4. The number of amides is 1. The average molecular weight is 560 g/mol. The Morgan fingerprint density at radius 1 is 0.950 bits per heavy atom. The highest BCUT2D eigenvalue weighted by molar-refractivity contribution is 7.90. The number of rotatable bonds is 10. The lowest BCUT2D eigenvalue weighted by Gasteiger charge is -2.25. The van der Waals surface area contributed by atoms with Crippen LogP contribution in [0.15, 0.2) is 95.0 Å². The van der Waals surface area contributed by atoms with Crippen LogP contribution in [0.2, 0.25) is 0 Å². The molecule has 8 nitrogen and oxygen atoms in total. The molecule has 0 spiro atoms. The van der Waals surface area contributed by atoms with E-state index in [2.05, 4.69) is 22.1 Å². The van der Waals surface area contributed by atoms with Crippen molar-refractivity contribution in [3.05, 3.63) is 101 Å². The number of hydrogen-bond acceptors (Lipinski definition) is 7. The molecular weight excluding hydrogens is 526 g/mol. The van der Waals surface area contributed by atoms with Gasteiger partial charge in [-0.3, -0.25) is 4.79 Å². The fourth-order valence-electron chi connectivity index (χ4n) is 5.09. The van der Waals surface area contributed by atoms with Crippen LogP contribution in [0.4, 0.5) is 0 Å². The number of allylic oxidation sites excluding steroid dienone is 1. The lowest BCUT2D eigenvalue weighted by Crippen LogP contribution is -2.41. The molecule has 40 heavy (non-hydrogen) atoms. The van der Waals surface area contributed by atoms with Gasteiger partial charge in [-0.05, 0) is 55.5 Å². The van der Waals surface area contributed by atoms with Gasteiger partial charge in [-0.25, -0.2) is 22.9 Å². The Kier molecular flexibility index (Phi) is 8.04. The van der Waals surface area contributed by atoms with E-state index in [0.717, 1.165) is 30.6 Å². The highest BCUT2D eigenvalue weighted by Crippen LogP contribution is 2.41. The van der Waals surface area contributed by atoms with Gasteiger partial charge in [-0.15, -0.1) is 0 Å². The van der Waals surface area contributed by atoms with Crippen molar-refractivity contribution in [2.75, 3.05) is 13.2 Å². The first-order valence-corrected chi connectivity index (χ1v) is 15.1. The number of benzene rings is 3. The Labute approximate surface area is 235 Å². The number of carbonyl (C=O) groups excluding carboxylic acids is 2. The molecule has 0 radical (unpaired) electrons. The summed E-state index contributed by atoms with van der Waals surface area (Å²) in [6, 6.07) is 22.3. The maximum absolute atomic E-state index is 13.2. The van der Waals surface area contributed by atoms with Crippen molar-refractivity contribution in [2.45, 2.75) is 44.0 Å². The first-order valence-electron chi connectivity index (χ1n) is 13.6. The number of hydrogen-bond donors (Lipinski definition) is 2. The van der Waals surface area contributed by atoms with Gasteiger partial charge in [0, 0.05) is 29.3 Å². The molecule has 5 rings (SSSR count). The Morgan fingerprint density at radius 2 is 1.62 bits per heavy atom. The van der Waals surface area contributed by atoms with E-state index in [4.69, 9.17) is 4.74 Å². The highest BCUT2D eigenvalue weighted by atomic mass is 32.2. The number of ether oxygens (including phenoxy) is 1. The minimum Gasteiger partial charge on any atom is -0.463 e. The molecule has 1 unspecified atom stereocenters. The second-order valence-electron chi connectivity index (χ2n) is 9.93. The van der Waals surface area contributed by atoms with Gasteiger partial charge in [0.15, 0.2) is 0 Å². The van der Waals surface area contributed by atoms with E-state index in [1.54, 1.807) is 48.5 Å². The van der Waals surface area contributed by atoms with Crippen molar-refractivity contribution in [1.82, 2.24) is 15.2 Å². The first kappa shape index (κ1) is 27.6. The number of hydrazine groups is 1. The first-order chi connectivity index (χ1) is 19.3. The smallest absolute Gasteiger partial charge is 0.337 e. The molecule has 208 valence electrons. The topological polar surface area (TPSA) is 105 Å². The van der Waals surface area contributed by atoms with E-state index in [-0.39, 0.29) is 22.5 Å². The normalized spacial score (nSPS) is 17.4. The largest absolute Gasteiger partial charge is 0.463 e. The molecule has 3 aromatic rings. The number of likely N-dealkylation sites (N-methyl/N-ethyl adjacent to an activating group) is 1. The molecule has 0 bridgehead atoms. The zero-order chi connectivity index (χ0) is 28.3. The monoisotopic (exact) mass is 559 g/mol. The van der Waals surface area contributed by atoms with Gasteiger partial charge in [0.2, 0.25) is 0 Å². The Hall–Kier alpha value is -3.95. The van der Waals surface area contributed by atoms with Crippen LogP contribution in [0.3, 0.4) is 0 Å². The molecule has 0 saturated heterocycles. The molecule has 9 heteroatoms. The molecule has 1 amide bonds. The fourth-order valence-corrected chi connectivity index (χ4v) is 6.29. The summed E-state index contributed by atoms with van der Waals surface area (Å²) in [5.74, 6) is -0.583. The minimum absolute atomic E-state index is 0.0192. The minimum atomic E-state index is -4.13. The summed E-state index contributed by atoms with van der Waals surface area (Å²) in [6.45, 7) is 4.91. The third-order valence-corrected chi connectivity index (χ3v) is 8.61. The Balaban J connectivity index is 1.39. The molecule has 1 saturated carbocycles. The van der Waals surface area contributed by atoms with E-state index >= 15 is 0 Å². The van der Waals surface area contributed by atoms with Crippen molar-refractivity contribution in [2.24, 2.45) is 5.92 Å². The standard InChI is InChI=1S/C31H33N3O5S/c1-3-34-26(28(31(36)39-4-2)29(32-34)23-18-19-23)20-21-14-16-22(17-15-21)25-12-8-9-13-27(25)40(37,38)33-30(35)24-10-6-5-7-11-24/h5-17,23,26,32H,3-4,18-20H2,1-2H3,(H,33,35). The predicted octanol–water partition coefficient (Wildman–Crippen LogP) is 4.45. The van der Waals surface area contributed by atoms with Gasteiger partial charge >= 0.3 is 5.97 Å². The van der Waals surface area contributed by atoms with Crippen molar-refractivity contribution in [3.63, 3.8) is 0 Å². The van der Waals surface area contributed by atoms with Crippen LogP contribution in [-0.4, -0.2) is 44.5 Å². The van der Waals surface area contributed by atoms with Gasteiger partial charge < -0.3 is 10.2 Å². The van der Waals surface area contributed by atoms with Crippen LogP contribution in [-0.2, 0) is 26.0 Å². The van der Waals surface area contributed by atoms with Crippen LogP contribution < -0.4 is 10.1 Å². The third-order valence-electron chi connectivity index (χ3n) is 7.22. The molecule has 1 aliphatic heterocycles. The SMILES string of the molecule is CCOC(=O)C1=C(C2CC2)NN(CC)C1Cc1ccc(-c2ccccc2S(=O)(=O)NC(=O)c2ccccc2)cc1. The maximum atomic E-state index is 13.2. The van der Waals surface area contributed by atoms with Crippen molar-refractivity contribution >= 4 is 21.9 Å². The number of nitrogens with one attached hydrogen (secondary N) is 2. The summed E-state index contributed by atoms with van der Waals surface area (Å²) >= 11 is 0. The van der Waals surface area contributed by atoms with Gasteiger partial charge in [-0.2, -0.15) is 0 Å². The summed E-state index contributed by atoms with van der Waals surface area (Å²) < 4.78 is 34.1. The molecule has 2 N–H and O–H groups in total. The van der Waals surface area contributed by atoms with E-state index in [0.29, 0.717) is 35.6 Å². The number of esters is 1. The number of sulfonamides is 1. The second-order valence-corrected chi connectivity index (χ2v) is 11.6. The predicted molar refractivity (Wildman–Crippen MR) is 152 cm³/mol. The van der Waals surface area contributed by atoms with Gasteiger partial charge in [0.25, 0.3) is 15.9 Å². The van der Waals surface area contributed by atoms with Crippen LogP contribution in [0, 0.1) is 5.92 Å². The van der Waals surface area contributed by atoms with Gasteiger partial charge in [-0.1, -0.05) is 67.6 Å². The average Bonchev–Trinajstić information content (AvgIpc) is 3.75. The second kappa shape index (κ2) is 11.7. The van der Waals surface area contributed by atoms with E-state index in [9.17, 15) is 18.0 Å². The summed E-state index contributed by atoms with van der Waals surface area (Å²) in [4.78, 5) is 25.6. The molecule has 1 heterocycles. The Morgan fingerprint density at radius 3 is 2.27 bits per heavy atom. The van der Waals surface area contributed by atoms with E-state index in [1.807, 2.05) is 31.2 Å². The Bertz CT molecular complexity index is 1530. The molecular formula is C31H33N3O5S. The summed E-state index contributed by atoms with van der Waals surface area (Å²) in [5.41, 5.74) is 7.61. The van der Waals surface area contributed by atoms with E-state index in [1.165, 1.54) is 6.07 Å². The highest BCUT2D eigenvalue weighted by Gasteiger charge is 2.42. The molecule has 3 aromatic carbocycles. The van der Waals surface area contributed by atoms with Crippen molar-refractivity contribution < 1.29 is 22.7 Å².